The van der Waals surface area contributed by atoms with Crippen molar-refractivity contribution >= 4 is 28.5 Å². The zero-order valence-electron chi connectivity index (χ0n) is 11.7. The van der Waals surface area contributed by atoms with E-state index in [0.29, 0.717) is 11.4 Å². The van der Waals surface area contributed by atoms with Crippen molar-refractivity contribution in [1.29, 1.82) is 5.41 Å². The Hall–Kier alpha value is -0.270. The standard InChI is InChI=1S/C13H22ClN3O2S/c1-10-17(8-12(20-10)13(14)15)19-9-11(18)7-16-5-3-2-4-6-16/h8,10-11,15,18H,2-7,9H2,1H3. The van der Waals surface area contributed by atoms with Crippen LogP contribution in [0.5, 0.6) is 0 Å². The van der Waals surface area contributed by atoms with Gasteiger partial charge in [0.15, 0.2) is 0 Å². The summed E-state index contributed by atoms with van der Waals surface area (Å²) in [6.45, 7) is 5.05. The number of thioether (sulfide) groups is 1. The van der Waals surface area contributed by atoms with E-state index in [1.54, 1.807) is 11.3 Å². The Morgan fingerprint density at radius 3 is 2.85 bits per heavy atom. The normalized spacial score (nSPS) is 25.6. The van der Waals surface area contributed by atoms with Crippen LogP contribution < -0.4 is 0 Å². The van der Waals surface area contributed by atoms with Crippen molar-refractivity contribution in [1.82, 2.24) is 9.96 Å². The second-order valence-corrected chi connectivity index (χ2v) is 6.93. The Morgan fingerprint density at radius 2 is 2.25 bits per heavy atom. The highest BCUT2D eigenvalue weighted by atomic mass is 35.5. The first kappa shape index (κ1) is 16.1. The molecule has 2 aliphatic heterocycles. The lowest BCUT2D eigenvalue weighted by Crippen LogP contribution is -2.39. The molecule has 5 nitrogen and oxygen atoms in total. The minimum absolute atomic E-state index is 0.0295. The van der Waals surface area contributed by atoms with Crippen molar-refractivity contribution in [3.8, 4) is 0 Å². The van der Waals surface area contributed by atoms with Crippen LogP contribution in [-0.2, 0) is 4.84 Å². The number of hydrogen-bond donors (Lipinski definition) is 2. The second kappa shape index (κ2) is 7.66. The minimum Gasteiger partial charge on any atom is -0.389 e. The van der Waals surface area contributed by atoms with Crippen molar-refractivity contribution in [2.24, 2.45) is 0 Å². The van der Waals surface area contributed by atoms with Crippen LogP contribution in [0.15, 0.2) is 11.1 Å². The van der Waals surface area contributed by atoms with E-state index in [1.165, 1.54) is 31.0 Å². The quantitative estimate of drug-likeness (QED) is 0.735. The van der Waals surface area contributed by atoms with Crippen molar-refractivity contribution in [3.63, 3.8) is 0 Å². The fraction of sp³-hybridized carbons (Fsp3) is 0.769. The van der Waals surface area contributed by atoms with Crippen LogP contribution in [0.4, 0.5) is 0 Å². The summed E-state index contributed by atoms with van der Waals surface area (Å²) in [5.41, 5.74) is 0. The number of hydroxylamine groups is 2. The fourth-order valence-corrected chi connectivity index (χ4v) is 3.45. The topological polar surface area (TPSA) is 59.8 Å². The molecule has 0 aromatic rings. The van der Waals surface area contributed by atoms with E-state index >= 15 is 0 Å². The Balaban J connectivity index is 1.72. The Morgan fingerprint density at radius 1 is 1.55 bits per heavy atom. The van der Waals surface area contributed by atoms with Crippen LogP contribution in [-0.4, -0.2) is 58.0 Å². The molecular weight excluding hydrogens is 298 g/mol. The summed E-state index contributed by atoms with van der Waals surface area (Å²) in [6, 6.07) is 0. The van der Waals surface area contributed by atoms with Gasteiger partial charge in [0.1, 0.15) is 17.2 Å². The predicted molar refractivity (Wildman–Crippen MR) is 82.8 cm³/mol. The molecule has 7 heteroatoms. The number of halogens is 1. The molecule has 0 saturated carbocycles. The SMILES string of the molecule is CC1SC(C(=N)Cl)=CN1OCC(O)CN1CCCCC1. The van der Waals surface area contributed by atoms with Gasteiger partial charge >= 0.3 is 0 Å². The lowest BCUT2D eigenvalue weighted by Gasteiger charge is -2.29. The van der Waals surface area contributed by atoms with Crippen LogP contribution in [0.25, 0.3) is 0 Å². The van der Waals surface area contributed by atoms with Crippen LogP contribution in [0, 0.1) is 5.41 Å². The number of rotatable bonds is 6. The summed E-state index contributed by atoms with van der Waals surface area (Å²) in [5, 5.41) is 19.2. The van der Waals surface area contributed by atoms with E-state index in [0.717, 1.165) is 13.1 Å². The monoisotopic (exact) mass is 319 g/mol. The number of allylic oxidation sites excluding steroid dienone is 1. The lowest BCUT2D eigenvalue weighted by molar-refractivity contribution is -0.150. The molecule has 2 heterocycles. The summed E-state index contributed by atoms with van der Waals surface area (Å²) in [7, 11) is 0. The first-order valence-corrected chi connectivity index (χ1v) is 8.26. The third-order valence-electron chi connectivity index (χ3n) is 3.45. The predicted octanol–water partition coefficient (Wildman–Crippen LogP) is 2.22. The molecular formula is C13H22ClN3O2S. The molecule has 1 fully saturated rings. The number of piperidine rings is 1. The number of aliphatic hydroxyl groups is 1. The number of β-amino-alcohol motifs (C(OH)–C–C–N with tert-alkyl or cyclic N) is 1. The summed E-state index contributed by atoms with van der Waals surface area (Å²) in [5.74, 6) is 0. The van der Waals surface area contributed by atoms with Crippen molar-refractivity contribution in [3.05, 3.63) is 11.1 Å². The van der Waals surface area contributed by atoms with E-state index in [2.05, 4.69) is 4.90 Å². The van der Waals surface area contributed by atoms with Gasteiger partial charge in [0, 0.05) is 12.7 Å². The van der Waals surface area contributed by atoms with Gasteiger partial charge in [-0.05, 0) is 32.9 Å². The molecule has 2 unspecified atom stereocenters. The molecule has 0 aromatic heterocycles. The van der Waals surface area contributed by atoms with Crippen molar-refractivity contribution in [2.45, 2.75) is 37.7 Å². The smallest absolute Gasteiger partial charge is 0.136 e. The first-order chi connectivity index (χ1) is 9.56. The molecule has 0 aromatic carbocycles. The molecule has 1 saturated heterocycles. The van der Waals surface area contributed by atoms with Crippen LogP contribution >= 0.6 is 23.4 Å². The van der Waals surface area contributed by atoms with E-state index in [1.807, 2.05) is 6.92 Å². The van der Waals surface area contributed by atoms with Crippen LogP contribution in [0.2, 0.25) is 0 Å². The molecule has 20 heavy (non-hydrogen) atoms. The number of aliphatic hydroxyl groups excluding tert-OH is 1. The summed E-state index contributed by atoms with van der Waals surface area (Å²) >= 11 is 7.14. The van der Waals surface area contributed by atoms with E-state index in [9.17, 15) is 5.11 Å². The van der Waals surface area contributed by atoms with Crippen molar-refractivity contribution in [2.75, 3.05) is 26.2 Å². The summed E-state index contributed by atoms with van der Waals surface area (Å²) in [4.78, 5) is 8.59. The van der Waals surface area contributed by atoms with Crippen molar-refractivity contribution < 1.29 is 9.94 Å². The van der Waals surface area contributed by atoms with Gasteiger partial charge in [0.2, 0.25) is 0 Å². The third-order valence-corrected chi connectivity index (χ3v) is 4.88. The van der Waals surface area contributed by atoms with Gasteiger partial charge in [-0.1, -0.05) is 29.8 Å². The lowest BCUT2D eigenvalue weighted by atomic mass is 10.1. The van der Waals surface area contributed by atoms with Gasteiger partial charge in [-0.15, -0.1) is 0 Å². The van der Waals surface area contributed by atoms with Gasteiger partial charge < -0.3 is 10.0 Å². The molecule has 2 rings (SSSR count). The Bertz CT molecular complexity index is 375. The number of likely N-dealkylation sites (tertiary alicyclic amines) is 1. The average molecular weight is 320 g/mol. The summed E-state index contributed by atoms with van der Waals surface area (Å²) < 4.78 is 0. The number of nitrogens with zero attached hydrogens (tertiary/aromatic N) is 2. The maximum atomic E-state index is 10.0. The highest BCUT2D eigenvalue weighted by Crippen LogP contribution is 2.33. The highest BCUT2D eigenvalue weighted by molar-refractivity contribution is 8.05. The largest absolute Gasteiger partial charge is 0.389 e. The average Bonchev–Trinajstić information content (AvgIpc) is 2.79. The van der Waals surface area contributed by atoms with E-state index in [-0.39, 0.29) is 17.2 Å². The molecule has 2 atom stereocenters. The van der Waals surface area contributed by atoms with Gasteiger partial charge in [-0.2, -0.15) is 0 Å². The second-order valence-electron chi connectivity index (χ2n) is 5.20. The molecule has 0 radical (unpaired) electrons. The zero-order chi connectivity index (χ0) is 14.5. The molecule has 2 N–H and O–H groups in total. The van der Waals surface area contributed by atoms with Crippen LogP contribution in [0.1, 0.15) is 26.2 Å². The van der Waals surface area contributed by atoms with Gasteiger partial charge in [-0.3, -0.25) is 10.2 Å². The molecule has 0 spiro atoms. The number of nitrogens with one attached hydrogen (secondary N) is 1. The maximum Gasteiger partial charge on any atom is 0.136 e. The molecule has 0 amide bonds. The molecule has 0 aliphatic carbocycles. The van der Waals surface area contributed by atoms with E-state index < -0.39 is 6.10 Å². The minimum atomic E-state index is -0.488. The van der Waals surface area contributed by atoms with Gasteiger partial charge in [-0.25, -0.2) is 5.06 Å². The first-order valence-electron chi connectivity index (χ1n) is 7.01. The molecule has 0 bridgehead atoms. The van der Waals surface area contributed by atoms with Gasteiger partial charge in [0.05, 0.1) is 11.0 Å². The third kappa shape index (κ3) is 4.63. The fourth-order valence-electron chi connectivity index (χ4n) is 2.40. The maximum absolute atomic E-state index is 10.0. The molecule has 2 aliphatic rings. The van der Waals surface area contributed by atoms with E-state index in [4.69, 9.17) is 21.8 Å². The Kier molecular flexibility index (Phi) is 6.17. The number of hydrogen-bond acceptors (Lipinski definition) is 6. The van der Waals surface area contributed by atoms with Crippen LogP contribution in [0.3, 0.4) is 0 Å². The zero-order valence-corrected chi connectivity index (χ0v) is 13.3. The molecule has 114 valence electrons. The Labute approximate surface area is 129 Å². The summed E-state index contributed by atoms with van der Waals surface area (Å²) in [6.07, 6.45) is 4.97. The highest BCUT2D eigenvalue weighted by Gasteiger charge is 2.25. The van der Waals surface area contributed by atoms with Gasteiger partial charge in [0.25, 0.3) is 0 Å².